The van der Waals surface area contributed by atoms with Crippen LogP contribution >= 0.6 is 10.9 Å². The van der Waals surface area contributed by atoms with Crippen molar-refractivity contribution < 1.29 is 4.74 Å². The number of hydrogen-bond acceptors (Lipinski definition) is 1. The molecule has 0 atom stereocenters. The smallest absolute Gasteiger partial charge is 0.0473 e. The van der Waals surface area contributed by atoms with Gasteiger partial charge < -0.3 is 4.74 Å². The van der Waals surface area contributed by atoms with Crippen molar-refractivity contribution in [2.24, 2.45) is 0 Å². The Kier molecular flexibility index (Phi) is 5.98. The predicted molar refractivity (Wildman–Crippen MR) is 91.4 cm³/mol. The Morgan fingerprint density at radius 3 is 2.05 bits per heavy atom. The number of ether oxygens (including phenoxy) is 1. The summed E-state index contributed by atoms with van der Waals surface area (Å²) in [6, 6.07) is 9.60. The van der Waals surface area contributed by atoms with Crippen molar-refractivity contribution in [1.82, 2.24) is 0 Å². The molecule has 0 spiro atoms. The lowest BCUT2D eigenvalue weighted by Crippen LogP contribution is -2.19. The van der Waals surface area contributed by atoms with Crippen molar-refractivity contribution in [3.05, 3.63) is 29.8 Å². The topological polar surface area (TPSA) is 9.23 Å². The predicted octanol–water partition coefficient (Wildman–Crippen LogP) is 4.93. The number of rotatable bonds is 4. The van der Waals surface area contributed by atoms with E-state index in [0.29, 0.717) is 5.41 Å². The summed E-state index contributed by atoms with van der Waals surface area (Å²) in [5.41, 5.74) is 1.86. The van der Waals surface area contributed by atoms with Crippen LogP contribution in [0.4, 0.5) is 0 Å². The summed E-state index contributed by atoms with van der Waals surface area (Å²) in [4.78, 5) is 1.60. The van der Waals surface area contributed by atoms with Gasteiger partial charge in [0.05, 0.1) is 0 Å². The standard InChI is InChI=1S/C18H30OS/c1-4-18(3,5-2)16-8-10-17(11-9-16)20-14-6-12-19-13-7-15-20/h8-11,20H,4-7,12-15H2,1-3H3. The zero-order valence-corrected chi connectivity index (χ0v) is 14.2. The van der Waals surface area contributed by atoms with Gasteiger partial charge in [-0.25, -0.2) is 10.9 Å². The van der Waals surface area contributed by atoms with E-state index in [4.69, 9.17) is 4.74 Å². The van der Waals surface area contributed by atoms with E-state index in [2.05, 4.69) is 45.0 Å². The molecule has 1 nitrogen and oxygen atoms in total. The Labute approximate surface area is 127 Å². The maximum atomic E-state index is 5.56. The summed E-state index contributed by atoms with van der Waals surface area (Å²) in [5.74, 6) is 2.68. The van der Waals surface area contributed by atoms with Crippen molar-refractivity contribution in [3.63, 3.8) is 0 Å². The molecule has 1 aliphatic rings. The Morgan fingerprint density at radius 1 is 1.00 bits per heavy atom. The maximum absolute atomic E-state index is 5.56. The van der Waals surface area contributed by atoms with Gasteiger partial charge in [-0.15, -0.1) is 0 Å². The molecule has 1 aliphatic heterocycles. The highest BCUT2D eigenvalue weighted by molar-refractivity contribution is 8.17. The average Bonchev–Trinajstić information content (AvgIpc) is 2.46. The molecule has 1 fully saturated rings. The monoisotopic (exact) mass is 294 g/mol. The van der Waals surface area contributed by atoms with E-state index in [9.17, 15) is 0 Å². The first-order valence-corrected chi connectivity index (χ1v) is 9.84. The van der Waals surface area contributed by atoms with Crippen LogP contribution in [0.1, 0.15) is 52.0 Å². The van der Waals surface area contributed by atoms with Crippen molar-refractivity contribution in [3.8, 4) is 0 Å². The van der Waals surface area contributed by atoms with Crippen LogP contribution in [0.5, 0.6) is 0 Å². The second-order valence-electron chi connectivity index (χ2n) is 6.12. The molecule has 1 saturated heterocycles. The number of benzene rings is 1. The summed E-state index contributed by atoms with van der Waals surface area (Å²) in [6.45, 7) is 8.91. The SMILES string of the molecule is CCC(C)(CC)c1ccc([SH]2CCCOCCC2)cc1. The van der Waals surface area contributed by atoms with E-state index in [1.54, 1.807) is 4.90 Å². The summed E-state index contributed by atoms with van der Waals surface area (Å²) in [5, 5.41) is 0. The van der Waals surface area contributed by atoms with Crippen LogP contribution in [0, 0.1) is 0 Å². The highest BCUT2D eigenvalue weighted by Crippen LogP contribution is 2.40. The van der Waals surface area contributed by atoms with Crippen LogP contribution in [0.15, 0.2) is 29.2 Å². The average molecular weight is 295 g/mol. The lowest BCUT2D eigenvalue weighted by atomic mass is 9.78. The molecule has 0 aromatic heterocycles. The van der Waals surface area contributed by atoms with Gasteiger partial charge in [0.25, 0.3) is 0 Å². The van der Waals surface area contributed by atoms with Gasteiger partial charge in [-0.2, -0.15) is 0 Å². The van der Waals surface area contributed by atoms with Gasteiger partial charge in [0, 0.05) is 13.2 Å². The number of hydrogen-bond donors (Lipinski definition) is 1. The highest BCUT2D eigenvalue weighted by atomic mass is 32.2. The lowest BCUT2D eigenvalue weighted by Gasteiger charge is -2.29. The zero-order valence-electron chi connectivity index (χ0n) is 13.3. The largest absolute Gasteiger partial charge is 0.381 e. The van der Waals surface area contributed by atoms with Crippen molar-refractivity contribution in [2.75, 3.05) is 24.7 Å². The second-order valence-corrected chi connectivity index (χ2v) is 8.61. The molecule has 0 N–H and O–H groups in total. The lowest BCUT2D eigenvalue weighted by molar-refractivity contribution is 0.135. The van der Waals surface area contributed by atoms with Crippen molar-refractivity contribution in [2.45, 2.75) is 56.8 Å². The first-order chi connectivity index (χ1) is 9.69. The Balaban J connectivity index is 2.10. The fraction of sp³-hybridized carbons (Fsp3) is 0.667. The Hall–Kier alpha value is -0.470. The van der Waals surface area contributed by atoms with Gasteiger partial charge in [-0.1, -0.05) is 45.0 Å². The van der Waals surface area contributed by atoms with Gasteiger partial charge in [-0.05, 0) is 53.1 Å². The van der Waals surface area contributed by atoms with E-state index in [-0.39, 0.29) is 10.9 Å². The summed E-state index contributed by atoms with van der Waals surface area (Å²) in [7, 11) is 0.0527. The minimum Gasteiger partial charge on any atom is -0.381 e. The molecule has 0 saturated carbocycles. The third kappa shape index (κ3) is 3.79. The van der Waals surface area contributed by atoms with Gasteiger partial charge in [0.1, 0.15) is 0 Å². The molecular formula is C18H30OS. The minimum atomic E-state index is 0.0527. The van der Waals surface area contributed by atoms with E-state index in [1.807, 2.05) is 0 Å². The van der Waals surface area contributed by atoms with Crippen LogP contribution < -0.4 is 0 Å². The first kappa shape index (κ1) is 15.9. The quantitative estimate of drug-likeness (QED) is 0.774. The van der Waals surface area contributed by atoms with Crippen LogP contribution in [0.25, 0.3) is 0 Å². The molecule has 0 radical (unpaired) electrons. The molecule has 1 heterocycles. The van der Waals surface area contributed by atoms with E-state index >= 15 is 0 Å². The summed E-state index contributed by atoms with van der Waals surface area (Å²) in [6.07, 6.45) is 4.90. The van der Waals surface area contributed by atoms with Gasteiger partial charge in [-0.3, -0.25) is 0 Å². The Morgan fingerprint density at radius 2 is 1.55 bits per heavy atom. The molecule has 0 unspecified atom stereocenters. The number of thiol groups is 1. The van der Waals surface area contributed by atoms with Gasteiger partial charge in [0.15, 0.2) is 0 Å². The van der Waals surface area contributed by atoms with Crippen LogP contribution in [0.3, 0.4) is 0 Å². The van der Waals surface area contributed by atoms with Crippen LogP contribution in [-0.2, 0) is 10.2 Å². The molecule has 1 aromatic carbocycles. The molecule has 1 aromatic rings. The third-order valence-electron chi connectivity index (χ3n) is 4.92. The minimum absolute atomic E-state index is 0.0527. The fourth-order valence-electron chi connectivity index (χ4n) is 2.92. The van der Waals surface area contributed by atoms with E-state index in [0.717, 1.165) is 13.2 Å². The van der Waals surface area contributed by atoms with Gasteiger partial charge in [0.2, 0.25) is 0 Å². The van der Waals surface area contributed by atoms with E-state index < -0.39 is 0 Å². The van der Waals surface area contributed by atoms with Crippen LogP contribution in [-0.4, -0.2) is 24.7 Å². The fourth-order valence-corrected chi connectivity index (χ4v) is 5.25. The molecule has 0 amide bonds. The maximum Gasteiger partial charge on any atom is 0.0473 e. The van der Waals surface area contributed by atoms with Crippen LogP contribution in [0.2, 0.25) is 0 Å². The second kappa shape index (κ2) is 7.51. The molecule has 0 bridgehead atoms. The molecule has 0 aliphatic carbocycles. The first-order valence-electron chi connectivity index (χ1n) is 8.13. The van der Waals surface area contributed by atoms with Crippen molar-refractivity contribution in [1.29, 1.82) is 0 Å². The van der Waals surface area contributed by atoms with Gasteiger partial charge >= 0.3 is 0 Å². The summed E-state index contributed by atoms with van der Waals surface area (Å²) >= 11 is 0. The highest BCUT2D eigenvalue weighted by Gasteiger charge is 2.22. The molecule has 20 heavy (non-hydrogen) atoms. The molecule has 114 valence electrons. The normalized spacial score (nSPS) is 19.4. The third-order valence-corrected chi connectivity index (χ3v) is 7.66. The molecule has 2 heteroatoms. The van der Waals surface area contributed by atoms with E-state index in [1.165, 1.54) is 42.8 Å². The van der Waals surface area contributed by atoms with Crippen molar-refractivity contribution >= 4 is 10.9 Å². The summed E-state index contributed by atoms with van der Waals surface area (Å²) < 4.78 is 5.56. The molecule has 2 rings (SSSR count). The molecular weight excluding hydrogens is 264 g/mol. The Bertz CT molecular complexity index is 386. The zero-order chi connectivity index (χ0) is 14.4.